The van der Waals surface area contributed by atoms with Crippen LogP contribution in [0.15, 0.2) is 0 Å². The Morgan fingerprint density at radius 3 is 2.50 bits per heavy atom. The van der Waals surface area contributed by atoms with Crippen molar-refractivity contribution in [2.45, 2.75) is 89.8 Å². The molecule has 2 saturated heterocycles. The number of fused-ring (bicyclic) bond motifs is 2. The third-order valence-corrected chi connectivity index (χ3v) is 5.89. The highest BCUT2D eigenvalue weighted by Gasteiger charge is 2.36. The van der Waals surface area contributed by atoms with Gasteiger partial charge in [-0.1, -0.05) is 26.7 Å². The lowest BCUT2D eigenvalue weighted by molar-refractivity contribution is -0.124. The molecule has 20 heavy (non-hydrogen) atoms. The van der Waals surface area contributed by atoms with E-state index in [1.54, 1.807) is 0 Å². The molecule has 3 fully saturated rings. The highest BCUT2D eigenvalue weighted by Crippen LogP contribution is 2.36. The molecule has 2 bridgehead atoms. The van der Waals surface area contributed by atoms with Crippen LogP contribution in [-0.2, 0) is 4.79 Å². The van der Waals surface area contributed by atoms with Gasteiger partial charge in [-0.2, -0.15) is 0 Å². The van der Waals surface area contributed by atoms with Gasteiger partial charge in [-0.05, 0) is 49.9 Å². The average Bonchev–Trinajstić information content (AvgIpc) is 2.71. The Balaban J connectivity index is 1.49. The molecule has 2 N–H and O–H groups in total. The molecule has 2 aliphatic heterocycles. The number of carbonyl (C=O) groups is 1. The zero-order chi connectivity index (χ0) is 14.2. The van der Waals surface area contributed by atoms with E-state index in [0.717, 1.165) is 12.8 Å². The monoisotopic (exact) mass is 278 g/mol. The lowest BCUT2D eigenvalue weighted by Gasteiger charge is -2.39. The largest absolute Gasteiger partial charge is 0.353 e. The fourth-order valence-electron chi connectivity index (χ4n) is 4.62. The van der Waals surface area contributed by atoms with Crippen LogP contribution in [-0.4, -0.2) is 24.0 Å². The quantitative estimate of drug-likeness (QED) is 0.833. The molecule has 3 aliphatic rings. The van der Waals surface area contributed by atoms with Gasteiger partial charge in [0.15, 0.2) is 0 Å². The molecule has 3 nitrogen and oxygen atoms in total. The summed E-state index contributed by atoms with van der Waals surface area (Å²) < 4.78 is 0. The highest BCUT2D eigenvalue weighted by molar-refractivity contribution is 5.76. The Kier molecular flexibility index (Phi) is 4.07. The summed E-state index contributed by atoms with van der Waals surface area (Å²) in [6.07, 6.45) is 10.8. The standard InChI is InChI=1S/C17H30N2O/c1-17(2)8-4-3-5-15(17)19-16(20)11-12-9-13-6-7-14(10-12)18-13/h12-15,18H,3-11H2,1-2H3,(H,19,20). The summed E-state index contributed by atoms with van der Waals surface area (Å²) in [6, 6.07) is 1.78. The molecular weight excluding hydrogens is 248 g/mol. The van der Waals surface area contributed by atoms with Crippen molar-refractivity contribution in [3.05, 3.63) is 0 Å². The lowest BCUT2D eigenvalue weighted by Crippen LogP contribution is -2.48. The van der Waals surface area contributed by atoms with E-state index in [0.29, 0.717) is 30.0 Å². The number of hydrogen-bond donors (Lipinski definition) is 2. The molecule has 0 spiro atoms. The second-order valence-electron chi connectivity index (χ2n) is 8.03. The molecule has 3 unspecified atom stereocenters. The molecule has 3 rings (SSSR count). The Bertz CT molecular complexity index is 354. The Morgan fingerprint density at radius 1 is 1.15 bits per heavy atom. The van der Waals surface area contributed by atoms with E-state index in [4.69, 9.17) is 0 Å². The summed E-state index contributed by atoms with van der Waals surface area (Å²) in [7, 11) is 0. The minimum Gasteiger partial charge on any atom is -0.353 e. The van der Waals surface area contributed by atoms with Gasteiger partial charge in [-0.25, -0.2) is 0 Å². The fraction of sp³-hybridized carbons (Fsp3) is 0.941. The zero-order valence-corrected chi connectivity index (χ0v) is 13.1. The molecule has 0 aromatic rings. The first-order valence-corrected chi connectivity index (χ1v) is 8.58. The minimum atomic E-state index is 0.279. The van der Waals surface area contributed by atoms with Crippen LogP contribution < -0.4 is 10.6 Å². The molecule has 3 heteroatoms. The van der Waals surface area contributed by atoms with Gasteiger partial charge in [0.05, 0.1) is 0 Å². The average molecular weight is 278 g/mol. The van der Waals surface area contributed by atoms with Crippen LogP contribution >= 0.6 is 0 Å². The first-order chi connectivity index (χ1) is 9.53. The van der Waals surface area contributed by atoms with Crippen LogP contribution in [0.1, 0.15) is 71.6 Å². The van der Waals surface area contributed by atoms with Crippen molar-refractivity contribution in [2.75, 3.05) is 0 Å². The van der Waals surface area contributed by atoms with Crippen molar-refractivity contribution in [1.29, 1.82) is 0 Å². The number of rotatable bonds is 3. The van der Waals surface area contributed by atoms with Gasteiger partial charge < -0.3 is 10.6 Å². The van der Waals surface area contributed by atoms with E-state index in [9.17, 15) is 4.79 Å². The zero-order valence-electron chi connectivity index (χ0n) is 13.1. The SMILES string of the molecule is CC1(C)CCCCC1NC(=O)CC1CC2CCC(C1)N2. The normalized spacial score (nSPS) is 39.5. The van der Waals surface area contributed by atoms with Crippen molar-refractivity contribution in [1.82, 2.24) is 10.6 Å². The van der Waals surface area contributed by atoms with E-state index >= 15 is 0 Å². The van der Waals surface area contributed by atoms with Gasteiger partial charge in [0.2, 0.25) is 5.91 Å². The summed E-state index contributed by atoms with van der Waals surface area (Å²) in [5.41, 5.74) is 0.279. The number of nitrogens with one attached hydrogen (secondary N) is 2. The van der Waals surface area contributed by atoms with Gasteiger partial charge in [-0.3, -0.25) is 4.79 Å². The molecule has 2 heterocycles. The van der Waals surface area contributed by atoms with E-state index in [-0.39, 0.29) is 5.41 Å². The molecule has 114 valence electrons. The fourth-order valence-corrected chi connectivity index (χ4v) is 4.62. The second-order valence-corrected chi connectivity index (χ2v) is 8.03. The van der Waals surface area contributed by atoms with Crippen LogP contribution in [0.25, 0.3) is 0 Å². The smallest absolute Gasteiger partial charge is 0.220 e. The van der Waals surface area contributed by atoms with Gasteiger partial charge in [0.25, 0.3) is 0 Å². The van der Waals surface area contributed by atoms with Gasteiger partial charge in [0.1, 0.15) is 0 Å². The Labute approximate surface area is 123 Å². The topological polar surface area (TPSA) is 41.1 Å². The van der Waals surface area contributed by atoms with Crippen LogP contribution in [0.3, 0.4) is 0 Å². The maximum absolute atomic E-state index is 12.4. The third kappa shape index (κ3) is 3.19. The predicted molar refractivity (Wildman–Crippen MR) is 81.5 cm³/mol. The first kappa shape index (κ1) is 14.4. The van der Waals surface area contributed by atoms with Crippen LogP contribution in [0.5, 0.6) is 0 Å². The van der Waals surface area contributed by atoms with E-state index in [2.05, 4.69) is 24.5 Å². The van der Waals surface area contributed by atoms with Gasteiger partial charge >= 0.3 is 0 Å². The van der Waals surface area contributed by atoms with Crippen molar-refractivity contribution >= 4 is 5.91 Å². The highest BCUT2D eigenvalue weighted by atomic mass is 16.1. The first-order valence-electron chi connectivity index (χ1n) is 8.58. The van der Waals surface area contributed by atoms with Crippen LogP contribution in [0.4, 0.5) is 0 Å². The molecule has 3 atom stereocenters. The third-order valence-electron chi connectivity index (χ3n) is 5.89. The predicted octanol–water partition coefficient (Wildman–Crippen LogP) is 2.99. The summed E-state index contributed by atoms with van der Waals surface area (Å²) in [5.74, 6) is 0.914. The second kappa shape index (κ2) is 5.67. The van der Waals surface area contributed by atoms with Gasteiger partial charge in [-0.15, -0.1) is 0 Å². The molecule has 1 saturated carbocycles. The molecular formula is C17H30N2O. The van der Waals surface area contributed by atoms with Crippen molar-refractivity contribution in [2.24, 2.45) is 11.3 Å². The van der Waals surface area contributed by atoms with E-state index in [1.165, 1.54) is 44.9 Å². The van der Waals surface area contributed by atoms with Crippen molar-refractivity contribution in [3.8, 4) is 0 Å². The molecule has 1 amide bonds. The molecule has 0 aromatic carbocycles. The van der Waals surface area contributed by atoms with Crippen molar-refractivity contribution in [3.63, 3.8) is 0 Å². The minimum absolute atomic E-state index is 0.279. The summed E-state index contributed by atoms with van der Waals surface area (Å²) in [6.45, 7) is 4.61. The number of amides is 1. The van der Waals surface area contributed by atoms with E-state index in [1.807, 2.05) is 0 Å². The van der Waals surface area contributed by atoms with Crippen molar-refractivity contribution < 1.29 is 4.79 Å². The molecule has 0 radical (unpaired) electrons. The lowest BCUT2D eigenvalue weighted by atomic mass is 9.73. The number of hydrogen-bond acceptors (Lipinski definition) is 2. The Hall–Kier alpha value is -0.570. The summed E-state index contributed by atoms with van der Waals surface area (Å²) >= 11 is 0. The maximum Gasteiger partial charge on any atom is 0.220 e. The number of piperidine rings is 1. The maximum atomic E-state index is 12.4. The molecule has 1 aliphatic carbocycles. The van der Waals surface area contributed by atoms with E-state index < -0.39 is 0 Å². The Morgan fingerprint density at radius 2 is 1.85 bits per heavy atom. The van der Waals surface area contributed by atoms with Gasteiger partial charge in [0, 0.05) is 24.5 Å². The summed E-state index contributed by atoms with van der Waals surface area (Å²) in [4.78, 5) is 12.4. The number of carbonyl (C=O) groups excluding carboxylic acids is 1. The molecule has 0 aromatic heterocycles. The summed E-state index contributed by atoms with van der Waals surface area (Å²) in [5, 5.41) is 7.00. The van der Waals surface area contributed by atoms with Crippen LogP contribution in [0.2, 0.25) is 0 Å². The van der Waals surface area contributed by atoms with Crippen LogP contribution in [0, 0.1) is 11.3 Å².